The largest absolute Gasteiger partial charge is 0.444 e. The lowest BCUT2D eigenvalue weighted by atomic mass is 10.0. The summed E-state index contributed by atoms with van der Waals surface area (Å²) < 4.78 is 24.3. The van der Waals surface area contributed by atoms with Crippen LogP contribution in [0.5, 0.6) is 0 Å². The Bertz CT molecular complexity index is 1440. The summed E-state index contributed by atoms with van der Waals surface area (Å²) in [7, 11) is 0. The van der Waals surface area contributed by atoms with E-state index in [2.05, 4.69) is 15.6 Å². The van der Waals surface area contributed by atoms with Crippen LogP contribution < -0.4 is 15.5 Å². The number of hydrogen-bond acceptors (Lipinski definition) is 8. The van der Waals surface area contributed by atoms with Crippen molar-refractivity contribution in [2.45, 2.75) is 52.7 Å². The minimum atomic E-state index is -0.709. The van der Waals surface area contributed by atoms with Crippen LogP contribution in [-0.4, -0.2) is 65.4 Å². The Morgan fingerprint density at radius 1 is 0.833 bits per heavy atom. The third-order valence-electron chi connectivity index (χ3n) is 6.00. The number of halogens is 1. The second kappa shape index (κ2) is 12.4. The van der Waals surface area contributed by atoms with Crippen LogP contribution in [-0.2, 0) is 9.47 Å². The molecule has 1 aliphatic rings. The first-order valence-corrected chi connectivity index (χ1v) is 14.4. The summed E-state index contributed by atoms with van der Waals surface area (Å²) in [5.41, 5.74) is 0.861. The zero-order chi connectivity index (χ0) is 30.7. The lowest BCUT2D eigenvalue weighted by Crippen LogP contribution is -2.50. The SMILES string of the molecule is CC(C)(C)OC(=O)Nc1ccc(-c2ccc(F)cc2)cc1NC(=O)c1cnc(N2CCN(C(=O)OC(C)(C)C)CC2)s1. The molecule has 1 aliphatic heterocycles. The first kappa shape index (κ1) is 30.8. The van der Waals surface area contributed by atoms with Crippen molar-refractivity contribution < 1.29 is 28.2 Å². The van der Waals surface area contributed by atoms with Gasteiger partial charge in [-0.2, -0.15) is 0 Å². The van der Waals surface area contributed by atoms with E-state index >= 15 is 0 Å². The van der Waals surface area contributed by atoms with Gasteiger partial charge < -0.3 is 24.6 Å². The number of benzene rings is 2. The van der Waals surface area contributed by atoms with Crippen molar-refractivity contribution in [2.75, 3.05) is 41.7 Å². The quantitative estimate of drug-likeness (QED) is 0.340. The van der Waals surface area contributed by atoms with Gasteiger partial charge in [-0.05, 0) is 76.9 Å². The molecule has 1 fully saturated rings. The fourth-order valence-electron chi connectivity index (χ4n) is 4.10. The van der Waals surface area contributed by atoms with Gasteiger partial charge in [0.05, 0.1) is 17.6 Å². The van der Waals surface area contributed by atoms with Gasteiger partial charge in [0.25, 0.3) is 5.91 Å². The second-order valence-electron chi connectivity index (χ2n) is 11.8. The van der Waals surface area contributed by atoms with Crippen LogP contribution in [0.25, 0.3) is 11.1 Å². The third-order valence-corrected chi connectivity index (χ3v) is 7.06. The Kier molecular flexibility index (Phi) is 9.05. The maximum Gasteiger partial charge on any atom is 0.412 e. The maximum absolute atomic E-state index is 13.5. The molecule has 0 spiro atoms. The third kappa shape index (κ3) is 8.41. The number of amides is 3. The summed E-state index contributed by atoms with van der Waals surface area (Å²) >= 11 is 1.23. The Hall–Kier alpha value is -4.19. The van der Waals surface area contributed by atoms with E-state index in [4.69, 9.17) is 9.47 Å². The number of hydrogen-bond donors (Lipinski definition) is 2. The molecule has 3 amide bonds. The fraction of sp³-hybridized carbons (Fsp3) is 0.400. The van der Waals surface area contributed by atoms with Gasteiger partial charge in [-0.1, -0.05) is 29.5 Å². The van der Waals surface area contributed by atoms with Gasteiger partial charge in [-0.3, -0.25) is 10.1 Å². The molecule has 3 aromatic rings. The highest BCUT2D eigenvalue weighted by Gasteiger charge is 2.27. The van der Waals surface area contributed by atoms with Crippen molar-refractivity contribution >= 4 is 45.9 Å². The number of rotatable bonds is 5. The Morgan fingerprint density at radius 3 is 2.07 bits per heavy atom. The molecule has 0 saturated carbocycles. The van der Waals surface area contributed by atoms with Crippen LogP contribution in [0.4, 0.5) is 30.5 Å². The summed E-state index contributed by atoms with van der Waals surface area (Å²) in [6.45, 7) is 12.8. The molecule has 12 heteroatoms. The number of aromatic nitrogens is 1. The molecular formula is C30H36FN5O5S. The predicted molar refractivity (Wildman–Crippen MR) is 162 cm³/mol. The van der Waals surface area contributed by atoms with E-state index in [0.29, 0.717) is 53.1 Å². The molecule has 2 aromatic carbocycles. The number of carbonyl (C=O) groups is 3. The minimum absolute atomic E-state index is 0.339. The van der Waals surface area contributed by atoms with Crippen molar-refractivity contribution in [1.29, 1.82) is 0 Å². The zero-order valence-corrected chi connectivity index (χ0v) is 25.4. The van der Waals surface area contributed by atoms with E-state index in [-0.39, 0.29) is 11.9 Å². The Balaban J connectivity index is 1.48. The van der Waals surface area contributed by atoms with Crippen LogP contribution >= 0.6 is 11.3 Å². The molecular weight excluding hydrogens is 561 g/mol. The molecule has 1 saturated heterocycles. The summed E-state index contributed by atoms with van der Waals surface area (Å²) in [5.74, 6) is -0.766. The second-order valence-corrected chi connectivity index (χ2v) is 12.8. The number of ether oxygens (including phenoxy) is 2. The molecule has 0 radical (unpaired) electrons. The van der Waals surface area contributed by atoms with Crippen molar-refractivity contribution in [3.63, 3.8) is 0 Å². The Morgan fingerprint density at radius 2 is 1.45 bits per heavy atom. The molecule has 10 nitrogen and oxygen atoms in total. The van der Waals surface area contributed by atoms with Gasteiger partial charge in [0, 0.05) is 26.2 Å². The number of nitrogens with one attached hydrogen (secondary N) is 2. The maximum atomic E-state index is 13.5. The molecule has 224 valence electrons. The van der Waals surface area contributed by atoms with Crippen molar-refractivity contribution in [3.05, 3.63) is 59.4 Å². The molecule has 1 aromatic heterocycles. The van der Waals surface area contributed by atoms with Gasteiger partial charge in [0.1, 0.15) is 21.9 Å². The number of piperazine rings is 1. The Labute approximate surface area is 248 Å². The average molecular weight is 598 g/mol. The van der Waals surface area contributed by atoms with E-state index in [0.717, 1.165) is 5.56 Å². The molecule has 42 heavy (non-hydrogen) atoms. The zero-order valence-electron chi connectivity index (χ0n) is 24.6. The van der Waals surface area contributed by atoms with Gasteiger partial charge >= 0.3 is 12.2 Å². The van der Waals surface area contributed by atoms with Crippen LogP contribution in [0.1, 0.15) is 51.2 Å². The first-order chi connectivity index (χ1) is 19.7. The summed E-state index contributed by atoms with van der Waals surface area (Å²) in [5, 5.41) is 6.24. The van der Waals surface area contributed by atoms with E-state index in [1.165, 1.54) is 29.7 Å². The van der Waals surface area contributed by atoms with Crippen LogP contribution in [0.15, 0.2) is 48.7 Å². The molecule has 0 bridgehead atoms. The molecule has 0 atom stereocenters. The fourth-order valence-corrected chi connectivity index (χ4v) is 4.96. The molecule has 0 aliphatic carbocycles. The van der Waals surface area contributed by atoms with Gasteiger partial charge in [-0.25, -0.2) is 19.0 Å². The van der Waals surface area contributed by atoms with Crippen LogP contribution in [0, 0.1) is 5.82 Å². The topological polar surface area (TPSA) is 113 Å². The summed E-state index contributed by atoms with van der Waals surface area (Å²) in [6.07, 6.45) is 0.485. The number of thiazole rings is 1. The van der Waals surface area contributed by atoms with E-state index < -0.39 is 23.2 Å². The molecule has 2 N–H and O–H groups in total. The summed E-state index contributed by atoms with van der Waals surface area (Å²) in [4.78, 5) is 46.7. The number of carbonyl (C=O) groups excluding carboxylic acids is 3. The molecule has 0 unspecified atom stereocenters. The smallest absolute Gasteiger partial charge is 0.412 e. The monoisotopic (exact) mass is 597 g/mol. The van der Waals surface area contributed by atoms with Gasteiger partial charge in [0.15, 0.2) is 5.13 Å². The average Bonchev–Trinajstić information content (AvgIpc) is 3.39. The normalized spacial score (nSPS) is 13.9. The summed E-state index contributed by atoms with van der Waals surface area (Å²) in [6, 6.07) is 11.1. The van der Waals surface area contributed by atoms with E-state index in [1.807, 2.05) is 25.7 Å². The first-order valence-electron chi connectivity index (χ1n) is 13.6. The predicted octanol–water partition coefficient (Wildman–Crippen LogP) is 6.61. The minimum Gasteiger partial charge on any atom is -0.444 e. The van der Waals surface area contributed by atoms with Crippen molar-refractivity contribution in [2.24, 2.45) is 0 Å². The van der Waals surface area contributed by atoms with E-state index in [9.17, 15) is 18.8 Å². The van der Waals surface area contributed by atoms with Crippen LogP contribution in [0.2, 0.25) is 0 Å². The van der Waals surface area contributed by atoms with Gasteiger partial charge in [0.2, 0.25) is 0 Å². The van der Waals surface area contributed by atoms with E-state index in [1.54, 1.807) is 56.0 Å². The van der Waals surface area contributed by atoms with Gasteiger partial charge in [-0.15, -0.1) is 0 Å². The molecule has 2 heterocycles. The van der Waals surface area contributed by atoms with Crippen molar-refractivity contribution in [1.82, 2.24) is 9.88 Å². The lowest BCUT2D eigenvalue weighted by Gasteiger charge is -2.35. The number of nitrogens with zero attached hydrogens (tertiary/aromatic N) is 3. The van der Waals surface area contributed by atoms with Crippen molar-refractivity contribution in [3.8, 4) is 11.1 Å². The molecule has 4 rings (SSSR count). The standard InChI is InChI=1S/C30H36FN5O5S/c1-29(2,3)40-27(38)34-22-12-9-20(19-7-10-21(31)11-8-19)17-23(22)33-25(37)24-18-32-26(42-24)35-13-15-36(16-14-35)28(39)41-30(4,5)6/h7-12,17-18H,13-16H2,1-6H3,(H,33,37)(H,34,38). The highest BCUT2D eigenvalue weighted by Crippen LogP contribution is 2.31. The highest BCUT2D eigenvalue weighted by molar-refractivity contribution is 7.17. The highest BCUT2D eigenvalue weighted by atomic mass is 32.1. The lowest BCUT2D eigenvalue weighted by molar-refractivity contribution is 0.0240. The van der Waals surface area contributed by atoms with Crippen LogP contribution in [0.3, 0.4) is 0 Å². The number of anilines is 3.